The van der Waals surface area contributed by atoms with Crippen LogP contribution in [0, 0.1) is 0 Å². The number of hydrogen-bond donors (Lipinski definition) is 1. The molecule has 19 heavy (non-hydrogen) atoms. The van der Waals surface area contributed by atoms with Gasteiger partial charge in [0.25, 0.3) is 0 Å². The number of ether oxygens (including phenoxy) is 2. The Morgan fingerprint density at radius 1 is 1.05 bits per heavy atom. The molecule has 3 nitrogen and oxygen atoms in total. The Hall–Kier alpha value is -1.81. The summed E-state index contributed by atoms with van der Waals surface area (Å²) >= 11 is 1.75. The molecule has 0 fully saturated rings. The van der Waals surface area contributed by atoms with Crippen molar-refractivity contribution in [2.24, 2.45) is 0 Å². The zero-order valence-corrected chi connectivity index (χ0v) is 11.9. The molecule has 2 aromatic rings. The van der Waals surface area contributed by atoms with E-state index in [1.54, 1.807) is 26.0 Å². The summed E-state index contributed by atoms with van der Waals surface area (Å²) in [5.41, 5.74) is 7.74. The van der Waals surface area contributed by atoms with Crippen LogP contribution in [0.1, 0.15) is 5.56 Å². The van der Waals surface area contributed by atoms with Crippen molar-refractivity contribution in [1.29, 1.82) is 0 Å². The van der Waals surface area contributed by atoms with Crippen molar-refractivity contribution >= 4 is 17.4 Å². The second kappa shape index (κ2) is 6.38. The Labute approximate surface area is 117 Å². The van der Waals surface area contributed by atoms with Gasteiger partial charge in [0.1, 0.15) is 11.5 Å². The summed E-state index contributed by atoms with van der Waals surface area (Å²) in [7, 11) is 3.30. The highest BCUT2D eigenvalue weighted by atomic mass is 32.2. The predicted molar refractivity (Wildman–Crippen MR) is 80.0 cm³/mol. The van der Waals surface area contributed by atoms with E-state index < -0.39 is 0 Å². The fraction of sp³-hybridized carbons (Fsp3) is 0.200. The molecule has 0 spiro atoms. The van der Waals surface area contributed by atoms with Gasteiger partial charge in [-0.05, 0) is 35.9 Å². The maximum Gasteiger partial charge on any atom is 0.141 e. The number of benzene rings is 2. The van der Waals surface area contributed by atoms with Gasteiger partial charge in [-0.1, -0.05) is 12.1 Å². The van der Waals surface area contributed by atoms with E-state index in [-0.39, 0.29) is 0 Å². The monoisotopic (exact) mass is 275 g/mol. The minimum Gasteiger partial charge on any atom is -0.497 e. The summed E-state index contributed by atoms with van der Waals surface area (Å²) in [5.74, 6) is 2.45. The SMILES string of the molecule is COc1cccc(SCc2ccc(OC)c(N)c2)c1. The van der Waals surface area contributed by atoms with E-state index in [9.17, 15) is 0 Å². The van der Waals surface area contributed by atoms with Gasteiger partial charge in [-0.3, -0.25) is 0 Å². The van der Waals surface area contributed by atoms with Crippen molar-refractivity contribution < 1.29 is 9.47 Å². The van der Waals surface area contributed by atoms with Crippen molar-refractivity contribution in [3.05, 3.63) is 48.0 Å². The number of nitrogens with two attached hydrogens (primary N) is 1. The molecule has 4 heteroatoms. The van der Waals surface area contributed by atoms with Crippen LogP contribution in [0.15, 0.2) is 47.4 Å². The molecular weight excluding hydrogens is 258 g/mol. The normalized spacial score (nSPS) is 10.2. The minimum absolute atomic E-state index is 0.672. The number of methoxy groups -OCH3 is 2. The van der Waals surface area contributed by atoms with Gasteiger partial charge in [-0.25, -0.2) is 0 Å². The second-order valence-corrected chi connectivity index (χ2v) is 5.09. The molecule has 0 aliphatic heterocycles. The third-order valence-corrected chi connectivity index (χ3v) is 3.81. The van der Waals surface area contributed by atoms with Crippen LogP contribution < -0.4 is 15.2 Å². The molecule has 100 valence electrons. The summed E-state index contributed by atoms with van der Waals surface area (Å²) < 4.78 is 10.4. The van der Waals surface area contributed by atoms with Crippen molar-refractivity contribution in [1.82, 2.24) is 0 Å². The van der Waals surface area contributed by atoms with Crippen molar-refractivity contribution in [2.75, 3.05) is 20.0 Å². The van der Waals surface area contributed by atoms with Crippen LogP contribution in [0.4, 0.5) is 5.69 Å². The number of hydrogen-bond acceptors (Lipinski definition) is 4. The van der Waals surface area contributed by atoms with Crippen molar-refractivity contribution in [3.63, 3.8) is 0 Å². The Morgan fingerprint density at radius 3 is 2.58 bits per heavy atom. The van der Waals surface area contributed by atoms with Gasteiger partial charge in [0.15, 0.2) is 0 Å². The molecule has 0 bridgehead atoms. The topological polar surface area (TPSA) is 44.5 Å². The van der Waals surface area contributed by atoms with E-state index in [1.165, 1.54) is 10.5 Å². The van der Waals surface area contributed by atoms with Crippen LogP contribution in [0.5, 0.6) is 11.5 Å². The Kier molecular flexibility index (Phi) is 4.58. The van der Waals surface area contributed by atoms with Crippen LogP contribution >= 0.6 is 11.8 Å². The third-order valence-electron chi connectivity index (χ3n) is 2.74. The van der Waals surface area contributed by atoms with Gasteiger partial charge < -0.3 is 15.2 Å². The van der Waals surface area contributed by atoms with Crippen LogP contribution in [0.3, 0.4) is 0 Å². The maximum atomic E-state index is 5.89. The smallest absolute Gasteiger partial charge is 0.141 e. The van der Waals surface area contributed by atoms with E-state index in [2.05, 4.69) is 6.07 Å². The number of rotatable bonds is 5. The van der Waals surface area contributed by atoms with Crippen LogP contribution in [0.25, 0.3) is 0 Å². The van der Waals surface area contributed by atoms with Gasteiger partial charge in [0.2, 0.25) is 0 Å². The first-order valence-electron chi connectivity index (χ1n) is 5.92. The molecule has 0 saturated carbocycles. The van der Waals surface area contributed by atoms with Crippen LogP contribution in [-0.4, -0.2) is 14.2 Å². The lowest BCUT2D eigenvalue weighted by Gasteiger charge is -2.08. The zero-order valence-electron chi connectivity index (χ0n) is 11.1. The average molecular weight is 275 g/mol. The van der Waals surface area contributed by atoms with Crippen molar-refractivity contribution in [3.8, 4) is 11.5 Å². The molecule has 0 atom stereocenters. The fourth-order valence-corrected chi connectivity index (χ4v) is 2.62. The second-order valence-electron chi connectivity index (χ2n) is 4.04. The molecule has 0 amide bonds. The predicted octanol–water partition coefficient (Wildman–Crippen LogP) is 3.58. The van der Waals surface area contributed by atoms with Gasteiger partial charge in [0.05, 0.1) is 19.9 Å². The first-order valence-corrected chi connectivity index (χ1v) is 6.90. The number of anilines is 1. The standard InChI is InChI=1S/C15H17NO2S/c1-17-12-4-3-5-13(9-12)19-10-11-6-7-15(18-2)14(16)8-11/h3-9H,10,16H2,1-2H3. The molecule has 0 unspecified atom stereocenters. The van der Waals surface area contributed by atoms with Crippen LogP contribution in [0.2, 0.25) is 0 Å². The van der Waals surface area contributed by atoms with Gasteiger partial charge in [0, 0.05) is 10.6 Å². The first kappa shape index (κ1) is 13.6. The Morgan fingerprint density at radius 2 is 1.89 bits per heavy atom. The van der Waals surface area contributed by atoms with E-state index >= 15 is 0 Å². The molecule has 0 aliphatic carbocycles. The highest BCUT2D eigenvalue weighted by Gasteiger charge is 2.02. The highest BCUT2D eigenvalue weighted by molar-refractivity contribution is 7.98. The molecule has 2 N–H and O–H groups in total. The molecular formula is C15H17NO2S. The number of thioether (sulfide) groups is 1. The first-order chi connectivity index (χ1) is 9.22. The maximum absolute atomic E-state index is 5.89. The molecule has 0 heterocycles. The lowest BCUT2D eigenvalue weighted by molar-refractivity contribution is 0.413. The van der Waals surface area contributed by atoms with Gasteiger partial charge >= 0.3 is 0 Å². The molecule has 0 aliphatic rings. The molecule has 2 aromatic carbocycles. The van der Waals surface area contributed by atoms with Crippen molar-refractivity contribution in [2.45, 2.75) is 10.6 Å². The van der Waals surface area contributed by atoms with E-state index in [0.717, 1.165) is 17.3 Å². The number of nitrogen functional groups attached to an aromatic ring is 1. The summed E-state index contributed by atoms with van der Waals surface area (Å²) in [4.78, 5) is 1.17. The minimum atomic E-state index is 0.672. The lowest BCUT2D eigenvalue weighted by atomic mass is 10.2. The summed E-state index contributed by atoms with van der Waals surface area (Å²) in [6.45, 7) is 0. The largest absolute Gasteiger partial charge is 0.497 e. The lowest BCUT2D eigenvalue weighted by Crippen LogP contribution is -1.93. The van der Waals surface area contributed by atoms with Gasteiger partial charge in [-0.2, -0.15) is 0 Å². The highest BCUT2D eigenvalue weighted by Crippen LogP contribution is 2.28. The summed E-state index contributed by atoms with van der Waals surface area (Å²) in [5, 5.41) is 0. The molecule has 0 saturated heterocycles. The van der Waals surface area contributed by atoms with Crippen LogP contribution in [-0.2, 0) is 5.75 Å². The Bertz CT molecular complexity index is 558. The molecule has 2 rings (SSSR count). The zero-order chi connectivity index (χ0) is 13.7. The van der Waals surface area contributed by atoms with Gasteiger partial charge in [-0.15, -0.1) is 11.8 Å². The fourth-order valence-electron chi connectivity index (χ4n) is 1.73. The van der Waals surface area contributed by atoms with E-state index in [1.807, 2.05) is 36.4 Å². The average Bonchev–Trinajstić information content (AvgIpc) is 2.45. The molecule has 0 aromatic heterocycles. The molecule has 0 radical (unpaired) electrons. The Balaban J connectivity index is 2.03. The quantitative estimate of drug-likeness (QED) is 0.669. The summed E-state index contributed by atoms with van der Waals surface area (Å²) in [6, 6.07) is 13.9. The summed E-state index contributed by atoms with van der Waals surface area (Å²) in [6.07, 6.45) is 0. The van der Waals surface area contributed by atoms with E-state index in [0.29, 0.717) is 5.69 Å². The van der Waals surface area contributed by atoms with E-state index in [4.69, 9.17) is 15.2 Å². The third kappa shape index (κ3) is 3.58.